The predicted octanol–water partition coefficient (Wildman–Crippen LogP) is 3.50. The van der Waals surface area contributed by atoms with E-state index in [0.717, 1.165) is 12.8 Å². The molecule has 3 aromatic rings. The first-order chi connectivity index (χ1) is 12.4. The van der Waals surface area contributed by atoms with Crippen molar-refractivity contribution in [1.82, 2.24) is 0 Å². The lowest BCUT2D eigenvalue weighted by molar-refractivity contribution is 0.217. The van der Waals surface area contributed by atoms with Gasteiger partial charge in [0.15, 0.2) is 21.5 Å². The van der Waals surface area contributed by atoms with Crippen LogP contribution < -0.4 is 10.2 Å². The van der Waals surface area contributed by atoms with Gasteiger partial charge in [-0.05, 0) is 25.8 Å². The number of aryl methyl sites for hydroxylation is 1. The summed E-state index contributed by atoms with van der Waals surface area (Å²) in [4.78, 5) is 12.3. The van der Waals surface area contributed by atoms with Gasteiger partial charge in [-0.25, -0.2) is 0 Å². The second-order valence-electron chi connectivity index (χ2n) is 6.41. The van der Waals surface area contributed by atoms with E-state index in [2.05, 4.69) is 0 Å². The van der Waals surface area contributed by atoms with E-state index in [9.17, 15) is 13.2 Å². The summed E-state index contributed by atoms with van der Waals surface area (Å²) in [5.74, 6) is 0.505. The van der Waals surface area contributed by atoms with Crippen molar-refractivity contribution >= 4 is 32.1 Å². The Hall–Kier alpha value is -2.32. The Balaban J connectivity index is 2.09. The van der Waals surface area contributed by atoms with Crippen molar-refractivity contribution in [2.24, 2.45) is 0 Å². The number of ether oxygens (including phenoxy) is 1. The van der Waals surface area contributed by atoms with Gasteiger partial charge in [-0.15, -0.1) is 0 Å². The molecule has 0 saturated heterocycles. The molecule has 1 fully saturated rings. The van der Waals surface area contributed by atoms with Crippen LogP contribution in [-0.4, -0.2) is 21.6 Å². The zero-order valence-corrected chi connectivity index (χ0v) is 15.2. The van der Waals surface area contributed by atoms with Crippen molar-refractivity contribution in [3.05, 3.63) is 34.4 Å². The molecule has 0 N–H and O–H groups in total. The van der Waals surface area contributed by atoms with Crippen molar-refractivity contribution in [3.8, 4) is 5.75 Å². The number of rotatable bonds is 4. The molecule has 2 aromatic heterocycles. The monoisotopic (exact) mass is 378 g/mol. The molecule has 26 heavy (non-hydrogen) atoms. The molecule has 0 atom stereocenters. The maximum absolute atomic E-state index is 13.1. The molecule has 0 aliphatic heterocycles. The third kappa shape index (κ3) is 2.60. The Kier molecular flexibility index (Phi) is 4.04. The van der Waals surface area contributed by atoms with Crippen LogP contribution in [-0.2, 0) is 14.3 Å². The van der Waals surface area contributed by atoms with Crippen LogP contribution in [0, 0.1) is 6.92 Å². The topological polar surface area (TPSA) is 95.9 Å². The molecule has 1 saturated carbocycles. The molecular weight excluding hydrogens is 360 g/mol. The maximum atomic E-state index is 13.1. The molecule has 2 heterocycles. The van der Waals surface area contributed by atoms with Crippen molar-refractivity contribution in [3.63, 3.8) is 0 Å². The Morgan fingerprint density at radius 3 is 2.62 bits per heavy atom. The van der Waals surface area contributed by atoms with E-state index in [-0.39, 0.29) is 44.5 Å². The molecule has 138 valence electrons. The Morgan fingerprint density at radius 2 is 1.92 bits per heavy atom. The summed E-state index contributed by atoms with van der Waals surface area (Å²) in [6, 6.07) is 2.85. The standard InChI is InChI=1S/C18H18O7S/c1-10-9-13(19)14-15(22-2)12-7-8-23-16(12)18(17(14)24-10)26(20,21)25-11-5-3-4-6-11/h7-9,11H,3-6H2,1-2H3. The average Bonchev–Trinajstić information content (AvgIpc) is 3.23. The summed E-state index contributed by atoms with van der Waals surface area (Å²) in [5, 5.41) is 0.436. The molecule has 4 rings (SSSR count). The minimum absolute atomic E-state index is 0.0561. The minimum Gasteiger partial charge on any atom is -0.495 e. The second-order valence-corrected chi connectivity index (χ2v) is 7.92. The number of hydrogen-bond acceptors (Lipinski definition) is 7. The van der Waals surface area contributed by atoms with E-state index in [1.807, 2.05) is 0 Å². The van der Waals surface area contributed by atoms with Gasteiger partial charge in [0.25, 0.3) is 0 Å². The van der Waals surface area contributed by atoms with E-state index in [1.54, 1.807) is 13.0 Å². The fraction of sp³-hybridized carbons (Fsp3) is 0.389. The molecule has 1 aliphatic carbocycles. The van der Waals surface area contributed by atoms with Gasteiger partial charge in [0.05, 0.1) is 24.9 Å². The molecule has 0 spiro atoms. The first kappa shape index (κ1) is 17.1. The third-order valence-electron chi connectivity index (χ3n) is 4.64. The van der Waals surface area contributed by atoms with Crippen molar-refractivity contribution in [2.75, 3.05) is 7.11 Å². The molecule has 0 amide bonds. The van der Waals surface area contributed by atoms with E-state index in [0.29, 0.717) is 18.2 Å². The Labute approximate surface area is 149 Å². The number of fused-ring (bicyclic) bond motifs is 2. The summed E-state index contributed by atoms with van der Waals surface area (Å²) in [6.07, 6.45) is 4.17. The highest BCUT2D eigenvalue weighted by atomic mass is 32.2. The van der Waals surface area contributed by atoms with Gasteiger partial charge in [0.1, 0.15) is 16.9 Å². The van der Waals surface area contributed by atoms with Crippen molar-refractivity contribution in [1.29, 1.82) is 0 Å². The van der Waals surface area contributed by atoms with E-state index < -0.39 is 10.1 Å². The molecule has 7 nitrogen and oxygen atoms in total. The van der Waals surface area contributed by atoms with Gasteiger partial charge < -0.3 is 13.6 Å². The zero-order valence-electron chi connectivity index (χ0n) is 14.4. The molecule has 1 aromatic carbocycles. The SMILES string of the molecule is COc1c2ccoc2c(S(=O)(=O)OC2CCCC2)c2oc(C)cc(=O)c12. The van der Waals surface area contributed by atoms with Gasteiger partial charge in [-0.1, -0.05) is 12.8 Å². The minimum atomic E-state index is -4.21. The van der Waals surface area contributed by atoms with Crippen LogP contribution in [0.3, 0.4) is 0 Å². The molecule has 8 heteroatoms. The van der Waals surface area contributed by atoms with E-state index in [1.165, 1.54) is 19.4 Å². The lowest BCUT2D eigenvalue weighted by Gasteiger charge is -2.14. The number of benzene rings is 1. The van der Waals surface area contributed by atoms with Gasteiger partial charge in [0.2, 0.25) is 0 Å². The highest BCUT2D eigenvalue weighted by Gasteiger charge is 2.33. The van der Waals surface area contributed by atoms with Gasteiger partial charge in [0, 0.05) is 6.07 Å². The molecule has 0 radical (unpaired) electrons. The Bertz CT molecular complexity index is 1150. The summed E-state index contributed by atoms with van der Waals surface area (Å²) in [5.41, 5.74) is -0.436. The van der Waals surface area contributed by atoms with Crippen LogP contribution in [0.5, 0.6) is 5.75 Å². The quantitative estimate of drug-likeness (QED) is 0.641. The predicted molar refractivity (Wildman–Crippen MR) is 94.1 cm³/mol. The van der Waals surface area contributed by atoms with Gasteiger partial charge >= 0.3 is 10.1 Å². The normalized spacial score (nSPS) is 15.9. The van der Waals surface area contributed by atoms with Crippen molar-refractivity contribution in [2.45, 2.75) is 43.6 Å². The molecule has 1 aliphatic rings. The third-order valence-corrected chi connectivity index (χ3v) is 6.04. The molecule has 0 unspecified atom stereocenters. The maximum Gasteiger partial charge on any atom is 0.304 e. The van der Waals surface area contributed by atoms with Crippen molar-refractivity contribution < 1.29 is 26.2 Å². The van der Waals surface area contributed by atoms with Crippen LogP contribution in [0.25, 0.3) is 21.9 Å². The fourth-order valence-electron chi connectivity index (χ4n) is 3.54. The largest absolute Gasteiger partial charge is 0.495 e. The van der Waals surface area contributed by atoms with E-state index >= 15 is 0 Å². The van der Waals surface area contributed by atoms with Crippen LogP contribution in [0.4, 0.5) is 0 Å². The highest BCUT2D eigenvalue weighted by molar-refractivity contribution is 7.87. The number of methoxy groups -OCH3 is 1. The lowest BCUT2D eigenvalue weighted by atomic mass is 10.1. The van der Waals surface area contributed by atoms with Crippen LogP contribution >= 0.6 is 0 Å². The van der Waals surface area contributed by atoms with Crippen LogP contribution in [0.1, 0.15) is 31.4 Å². The average molecular weight is 378 g/mol. The van der Waals surface area contributed by atoms with Gasteiger partial charge in [-0.2, -0.15) is 8.42 Å². The smallest absolute Gasteiger partial charge is 0.304 e. The summed E-state index contributed by atoms with van der Waals surface area (Å²) in [6.45, 7) is 1.58. The molecular formula is C18H18O7S. The first-order valence-corrected chi connectivity index (χ1v) is 9.78. The van der Waals surface area contributed by atoms with Gasteiger partial charge in [-0.3, -0.25) is 8.98 Å². The summed E-state index contributed by atoms with van der Waals surface area (Å²) in [7, 11) is -2.80. The fourth-order valence-corrected chi connectivity index (χ4v) is 4.94. The molecule has 0 bridgehead atoms. The Morgan fingerprint density at radius 1 is 1.19 bits per heavy atom. The lowest BCUT2D eigenvalue weighted by Crippen LogP contribution is -2.17. The van der Waals surface area contributed by atoms with Crippen LogP contribution in [0.15, 0.2) is 36.9 Å². The first-order valence-electron chi connectivity index (χ1n) is 8.37. The highest BCUT2D eigenvalue weighted by Crippen LogP contribution is 2.41. The number of hydrogen-bond donors (Lipinski definition) is 0. The summed E-state index contributed by atoms with van der Waals surface area (Å²) >= 11 is 0. The summed E-state index contributed by atoms with van der Waals surface area (Å²) < 4.78 is 48.0. The number of furan rings is 1. The zero-order chi connectivity index (χ0) is 18.5. The van der Waals surface area contributed by atoms with E-state index in [4.69, 9.17) is 17.8 Å². The van der Waals surface area contributed by atoms with Crippen LogP contribution in [0.2, 0.25) is 0 Å². The second kappa shape index (κ2) is 6.14.